The zero-order valence-corrected chi connectivity index (χ0v) is 26.8. The van der Waals surface area contributed by atoms with Crippen LogP contribution in [0.2, 0.25) is 0 Å². The average molecular weight is 665 g/mol. The van der Waals surface area contributed by atoms with E-state index in [9.17, 15) is 19.2 Å². The number of halogens is 1. The maximum absolute atomic E-state index is 13.6. The van der Waals surface area contributed by atoms with Gasteiger partial charge in [-0.25, -0.2) is 4.79 Å². The molecule has 3 aromatic rings. The molecule has 4 amide bonds. The number of likely N-dealkylation sites (tertiary alicyclic amines) is 1. The van der Waals surface area contributed by atoms with Crippen molar-refractivity contribution in [2.24, 2.45) is 0 Å². The first-order chi connectivity index (χ1) is 21.2. The number of amides is 4. The number of hydrogen-bond acceptors (Lipinski definition) is 6. The number of esters is 1. The Balaban J connectivity index is 0.000000236. The zero-order chi connectivity index (χ0) is 31.7. The van der Waals surface area contributed by atoms with E-state index in [0.29, 0.717) is 49.2 Å². The van der Waals surface area contributed by atoms with Crippen LogP contribution in [0.5, 0.6) is 0 Å². The molecule has 3 aromatic carbocycles. The highest BCUT2D eigenvalue weighted by atomic mass is 79.9. The first-order valence-corrected chi connectivity index (χ1v) is 15.2. The van der Waals surface area contributed by atoms with Crippen molar-refractivity contribution in [3.8, 4) is 0 Å². The lowest BCUT2D eigenvalue weighted by Gasteiger charge is -2.43. The summed E-state index contributed by atoms with van der Waals surface area (Å²) in [5, 5.41) is 5.18. The Hall–Kier alpha value is -4.38. The first kappa shape index (κ1) is 32.5. The number of hydrogen-bond donors (Lipinski definition) is 2. The summed E-state index contributed by atoms with van der Waals surface area (Å²) in [6.45, 7) is 4.03. The van der Waals surface area contributed by atoms with Gasteiger partial charge in [-0.2, -0.15) is 0 Å². The van der Waals surface area contributed by atoms with Crippen molar-refractivity contribution in [3.63, 3.8) is 0 Å². The third kappa shape index (κ3) is 7.39. The predicted octanol–water partition coefficient (Wildman–Crippen LogP) is 4.33. The quantitative estimate of drug-likeness (QED) is 0.380. The van der Waals surface area contributed by atoms with E-state index in [1.807, 2.05) is 60.4 Å². The number of aryl methyl sites for hydroxylation is 1. The molecule has 2 aliphatic rings. The number of ether oxygens (including phenoxy) is 1. The summed E-state index contributed by atoms with van der Waals surface area (Å²) in [4.78, 5) is 54.2. The van der Waals surface area contributed by atoms with Gasteiger partial charge in [0.25, 0.3) is 5.91 Å². The maximum Gasteiger partial charge on any atom is 0.325 e. The minimum atomic E-state index is -0.583. The third-order valence-electron chi connectivity index (χ3n) is 7.96. The molecule has 232 valence electrons. The van der Waals surface area contributed by atoms with Crippen molar-refractivity contribution in [2.45, 2.75) is 31.8 Å². The van der Waals surface area contributed by atoms with Gasteiger partial charge in [-0.15, -0.1) is 0 Å². The number of para-hydroxylation sites is 1. The van der Waals surface area contributed by atoms with Gasteiger partial charge < -0.3 is 30.1 Å². The number of nitrogens with zero attached hydrogens (tertiary/aromatic N) is 3. The fourth-order valence-corrected chi connectivity index (χ4v) is 6.24. The number of urea groups is 1. The standard InChI is InChI=1S/C22H26N4O2.C11H12BrNO3/c1-23-21(28)24-14-12-22(13-15-24)20(27)25(16-18-8-4-2-5-9-18)17-26(22)19-10-6-3-7-11-19;1-7-4-3-5-8(12)10(7)11(15)13-6-9(14)16-2/h2-11H,12-17H2,1H3,(H,23,28);3-5H,6H2,1-2H3,(H,13,15). The lowest BCUT2D eigenvalue weighted by Crippen LogP contribution is -2.58. The summed E-state index contributed by atoms with van der Waals surface area (Å²) in [7, 11) is 2.92. The highest BCUT2D eigenvalue weighted by Crippen LogP contribution is 2.40. The van der Waals surface area contributed by atoms with Crippen LogP contribution in [0, 0.1) is 6.92 Å². The van der Waals surface area contributed by atoms with Crippen LogP contribution in [0.1, 0.15) is 34.3 Å². The lowest BCUT2D eigenvalue weighted by atomic mass is 9.85. The van der Waals surface area contributed by atoms with E-state index in [-0.39, 0.29) is 24.4 Å². The molecular formula is C33H38BrN5O5. The highest BCUT2D eigenvalue weighted by molar-refractivity contribution is 9.10. The molecule has 2 saturated heterocycles. The van der Waals surface area contributed by atoms with Crippen LogP contribution in [-0.2, 0) is 20.9 Å². The van der Waals surface area contributed by atoms with E-state index in [2.05, 4.69) is 60.5 Å². The number of rotatable bonds is 6. The summed E-state index contributed by atoms with van der Waals surface area (Å²) in [6.07, 6.45) is 1.28. The largest absolute Gasteiger partial charge is 0.468 e. The minimum Gasteiger partial charge on any atom is -0.468 e. The Labute approximate surface area is 266 Å². The average Bonchev–Trinajstić information content (AvgIpc) is 3.30. The topological polar surface area (TPSA) is 111 Å². The molecule has 0 atom stereocenters. The van der Waals surface area contributed by atoms with Gasteiger partial charge in [-0.3, -0.25) is 14.4 Å². The van der Waals surface area contributed by atoms with Crippen molar-refractivity contribution >= 4 is 45.4 Å². The summed E-state index contributed by atoms with van der Waals surface area (Å²) < 4.78 is 5.14. The molecule has 0 saturated carbocycles. The molecule has 0 bridgehead atoms. The lowest BCUT2D eigenvalue weighted by molar-refractivity contribution is -0.139. The molecule has 0 unspecified atom stereocenters. The summed E-state index contributed by atoms with van der Waals surface area (Å²) in [5.74, 6) is -0.606. The number of carbonyl (C=O) groups is 4. The van der Waals surface area contributed by atoms with Crippen LogP contribution in [0.15, 0.2) is 83.3 Å². The number of anilines is 1. The van der Waals surface area contributed by atoms with E-state index in [1.54, 1.807) is 18.0 Å². The van der Waals surface area contributed by atoms with Crippen LogP contribution in [0.4, 0.5) is 10.5 Å². The fourth-order valence-electron chi connectivity index (χ4n) is 5.60. The van der Waals surface area contributed by atoms with Gasteiger partial charge in [0.15, 0.2) is 0 Å². The number of benzene rings is 3. The van der Waals surface area contributed by atoms with Crippen molar-refractivity contribution in [2.75, 3.05) is 45.4 Å². The Morgan fingerprint density at radius 3 is 2.16 bits per heavy atom. The predicted molar refractivity (Wildman–Crippen MR) is 172 cm³/mol. The number of nitrogens with one attached hydrogen (secondary N) is 2. The van der Waals surface area contributed by atoms with Gasteiger partial charge in [0, 0.05) is 36.8 Å². The molecule has 10 nitrogen and oxygen atoms in total. The van der Waals surface area contributed by atoms with Gasteiger partial charge in [0.1, 0.15) is 12.1 Å². The summed E-state index contributed by atoms with van der Waals surface area (Å²) in [5.41, 5.74) is 2.98. The van der Waals surface area contributed by atoms with Crippen LogP contribution in [0.25, 0.3) is 0 Å². The van der Waals surface area contributed by atoms with Crippen LogP contribution in [-0.4, -0.2) is 79.6 Å². The van der Waals surface area contributed by atoms with Crippen LogP contribution >= 0.6 is 15.9 Å². The molecule has 0 aromatic heterocycles. The number of piperidine rings is 1. The molecular weight excluding hydrogens is 626 g/mol. The Bertz CT molecular complexity index is 1440. The van der Waals surface area contributed by atoms with Gasteiger partial charge in [0.2, 0.25) is 5.91 Å². The molecule has 1 spiro atoms. The number of methoxy groups -OCH3 is 1. The van der Waals surface area contributed by atoms with Crippen molar-refractivity contribution in [1.29, 1.82) is 0 Å². The molecule has 2 aliphatic heterocycles. The van der Waals surface area contributed by atoms with Gasteiger partial charge in [-0.1, -0.05) is 60.7 Å². The Morgan fingerprint density at radius 2 is 1.57 bits per heavy atom. The van der Waals surface area contributed by atoms with E-state index >= 15 is 0 Å². The van der Waals surface area contributed by atoms with E-state index in [4.69, 9.17) is 0 Å². The van der Waals surface area contributed by atoms with E-state index < -0.39 is 11.5 Å². The zero-order valence-electron chi connectivity index (χ0n) is 25.2. The van der Waals surface area contributed by atoms with Crippen molar-refractivity contribution in [3.05, 3.63) is 100 Å². The second-order valence-corrected chi connectivity index (χ2v) is 11.5. The number of carbonyl (C=O) groups excluding carboxylic acids is 4. The first-order valence-electron chi connectivity index (χ1n) is 14.4. The van der Waals surface area contributed by atoms with Crippen molar-refractivity contribution < 1.29 is 23.9 Å². The van der Waals surface area contributed by atoms with Gasteiger partial charge in [0.05, 0.1) is 19.3 Å². The van der Waals surface area contributed by atoms with Gasteiger partial charge in [-0.05, 0) is 65.0 Å². The molecule has 2 heterocycles. The van der Waals surface area contributed by atoms with Crippen molar-refractivity contribution in [1.82, 2.24) is 20.4 Å². The smallest absolute Gasteiger partial charge is 0.325 e. The van der Waals surface area contributed by atoms with E-state index in [0.717, 1.165) is 16.8 Å². The fraction of sp³-hybridized carbons (Fsp3) is 0.333. The molecule has 5 rings (SSSR count). The second kappa shape index (κ2) is 14.9. The molecule has 0 aliphatic carbocycles. The van der Waals surface area contributed by atoms with Crippen LogP contribution < -0.4 is 15.5 Å². The second-order valence-electron chi connectivity index (χ2n) is 10.7. The highest BCUT2D eigenvalue weighted by Gasteiger charge is 2.54. The minimum absolute atomic E-state index is 0.0762. The summed E-state index contributed by atoms with van der Waals surface area (Å²) in [6, 6.07) is 25.6. The normalized spacial score (nSPS) is 15.4. The SMILES string of the molecule is CNC(=O)N1CCC2(CC1)C(=O)N(Cc1ccccc1)CN2c1ccccc1.COC(=O)CNC(=O)c1c(C)cccc1Br. The monoisotopic (exact) mass is 663 g/mol. The third-order valence-corrected chi connectivity index (χ3v) is 8.62. The van der Waals surface area contributed by atoms with Gasteiger partial charge >= 0.3 is 12.0 Å². The molecule has 2 N–H and O–H groups in total. The Morgan fingerprint density at radius 1 is 0.932 bits per heavy atom. The van der Waals surface area contributed by atoms with E-state index in [1.165, 1.54) is 7.11 Å². The molecule has 0 radical (unpaired) electrons. The van der Waals surface area contributed by atoms with Crippen LogP contribution in [0.3, 0.4) is 0 Å². The molecule has 44 heavy (non-hydrogen) atoms. The molecule has 2 fully saturated rings. The maximum atomic E-state index is 13.6. The molecule has 11 heteroatoms. The summed E-state index contributed by atoms with van der Waals surface area (Å²) >= 11 is 3.29. The Kier molecular flexibility index (Phi) is 11.0.